The summed E-state index contributed by atoms with van der Waals surface area (Å²) in [5.74, 6) is 1.29. The van der Waals surface area contributed by atoms with E-state index >= 15 is 0 Å². The number of hydrogen-bond donors (Lipinski definition) is 1. The first-order chi connectivity index (χ1) is 10.2. The normalized spacial score (nSPS) is 19.8. The fourth-order valence-corrected chi connectivity index (χ4v) is 2.43. The van der Waals surface area contributed by atoms with Gasteiger partial charge in [0.05, 0.1) is 6.61 Å². The predicted octanol–water partition coefficient (Wildman–Crippen LogP) is 1.44. The molecule has 2 heterocycles. The molecule has 1 aromatic carbocycles. The zero-order valence-electron chi connectivity index (χ0n) is 12.2. The molecule has 1 unspecified atom stereocenters. The third-order valence-corrected chi connectivity index (χ3v) is 3.62. The molecule has 0 spiro atoms. The van der Waals surface area contributed by atoms with Crippen LogP contribution < -0.4 is 5.73 Å². The second-order valence-electron chi connectivity index (χ2n) is 5.41. The van der Waals surface area contributed by atoms with Crippen LogP contribution in [0, 0.1) is 0 Å². The van der Waals surface area contributed by atoms with Gasteiger partial charge in [-0.05, 0) is 31.2 Å². The van der Waals surface area contributed by atoms with Crippen LogP contribution in [0.25, 0.3) is 0 Å². The van der Waals surface area contributed by atoms with Gasteiger partial charge in [0.15, 0.2) is 0 Å². The second kappa shape index (κ2) is 6.24. The Balaban J connectivity index is 1.60. The van der Waals surface area contributed by atoms with Crippen LogP contribution in [0.2, 0.25) is 0 Å². The molecule has 0 aliphatic carbocycles. The Labute approximate surface area is 123 Å². The number of anilines is 1. The van der Waals surface area contributed by atoms with Crippen molar-refractivity contribution in [2.75, 3.05) is 32.5 Å². The molecule has 2 N–H and O–H groups in total. The molecule has 0 saturated carbocycles. The molecule has 0 radical (unpaired) electrons. The Morgan fingerprint density at radius 1 is 1.38 bits per heavy atom. The third kappa shape index (κ3) is 3.59. The van der Waals surface area contributed by atoms with Crippen molar-refractivity contribution >= 4 is 5.69 Å². The van der Waals surface area contributed by atoms with E-state index in [1.54, 1.807) is 0 Å². The van der Waals surface area contributed by atoms with Gasteiger partial charge in [-0.3, -0.25) is 0 Å². The molecule has 1 aliphatic heterocycles. The van der Waals surface area contributed by atoms with Gasteiger partial charge in [-0.15, -0.1) is 0 Å². The first-order valence-electron chi connectivity index (χ1n) is 7.18. The van der Waals surface area contributed by atoms with Crippen LogP contribution in [-0.2, 0) is 17.6 Å². The second-order valence-corrected chi connectivity index (χ2v) is 5.41. The lowest BCUT2D eigenvalue weighted by atomic mass is 10.1. The average Bonchev–Trinajstić information content (AvgIpc) is 2.94. The lowest BCUT2D eigenvalue weighted by Crippen LogP contribution is -2.35. The molecule has 112 valence electrons. The van der Waals surface area contributed by atoms with E-state index < -0.39 is 0 Å². The van der Waals surface area contributed by atoms with Gasteiger partial charge < -0.3 is 19.9 Å². The summed E-state index contributed by atoms with van der Waals surface area (Å²) in [5.41, 5.74) is 7.71. The highest BCUT2D eigenvalue weighted by atomic mass is 16.5. The number of nitrogens with zero attached hydrogens (tertiary/aromatic N) is 3. The smallest absolute Gasteiger partial charge is 0.227 e. The lowest BCUT2D eigenvalue weighted by molar-refractivity contribution is -0.0264. The maximum Gasteiger partial charge on any atom is 0.227 e. The zero-order valence-corrected chi connectivity index (χ0v) is 12.2. The SMILES string of the molecule is CN1CCOC(c2noc(CCc3cccc(N)c3)n2)C1. The molecule has 2 aromatic rings. The Bertz CT molecular complexity index is 599. The highest BCUT2D eigenvalue weighted by molar-refractivity contribution is 5.40. The van der Waals surface area contributed by atoms with Crippen LogP contribution in [0.1, 0.15) is 23.4 Å². The van der Waals surface area contributed by atoms with E-state index in [1.165, 1.54) is 5.56 Å². The minimum atomic E-state index is -0.0892. The maximum atomic E-state index is 5.77. The molecule has 1 saturated heterocycles. The van der Waals surface area contributed by atoms with Gasteiger partial charge in [-0.25, -0.2) is 0 Å². The summed E-state index contributed by atoms with van der Waals surface area (Å²) in [6.07, 6.45) is 1.45. The Morgan fingerprint density at radius 3 is 3.10 bits per heavy atom. The summed E-state index contributed by atoms with van der Waals surface area (Å²) in [5, 5.41) is 4.04. The van der Waals surface area contributed by atoms with Gasteiger partial charge in [0.1, 0.15) is 6.10 Å². The summed E-state index contributed by atoms with van der Waals surface area (Å²) in [6.45, 7) is 2.44. The average molecular weight is 288 g/mol. The third-order valence-electron chi connectivity index (χ3n) is 3.62. The van der Waals surface area contributed by atoms with Gasteiger partial charge in [-0.1, -0.05) is 17.3 Å². The fraction of sp³-hybridized carbons (Fsp3) is 0.467. The number of nitrogen functional groups attached to an aromatic ring is 1. The topological polar surface area (TPSA) is 77.4 Å². The molecule has 1 atom stereocenters. The first-order valence-corrected chi connectivity index (χ1v) is 7.18. The largest absolute Gasteiger partial charge is 0.399 e. The number of rotatable bonds is 4. The molecule has 3 rings (SSSR count). The van der Waals surface area contributed by atoms with Crippen LogP contribution >= 0.6 is 0 Å². The van der Waals surface area contributed by atoms with Crippen LogP contribution in [0.4, 0.5) is 5.69 Å². The number of morpholine rings is 1. The fourth-order valence-electron chi connectivity index (χ4n) is 2.43. The van der Waals surface area contributed by atoms with Crippen molar-refractivity contribution in [2.45, 2.75) is 18.9 Å². The van der Waals surface area contributed by atoms with E-state index in [0.29, 0.717) is 24.7 Å². The van der Waals surface area contributed by atoms with E-state index in [4.69, 9.17) is 15.0 Å². The summed E-state index contributed by atoms with van der Waals surface area (Å²) < 4.78 is 11.0. The van der Waals surface area contributed by atoms with Crippen molar-refractivity contribution in [1.82, 2.24) is 15.0 Å². The molecule has 0 bridgehead atoms. The van der Waals surface area contributed by atoms with Crippen molar-refractivity contribution in [3.63, 3.8) is 0 Å². The summed E-state index contributed by atoms with van der Waals surface area (Å²) in [7, 11) is 2.07. The Morgan fingerprint density at radius 2 is 2.29 bits per heavy atom. The number of likely N-dealkylation sites (N-methyl/N-ethyl adjacent to an activating group) is 1. The molecular formula is C15H20N4O2. The van der Waals surface area contributed by atoms with Gasteiger partial charge in [0.2, 0.25) is 11.7 Å². The van der Waals surface area contributed by atoms with Crippen molar-refractivity contribution < 1.29 is 9.26 Å². The van der Waals surface area contributed by atoms with Crippen molar-refractivity contribution in [3.8, 4) is 0 Å². The monoisotopic (exact) mass is 288 g/mol. The maximum absolute atomic E-state index is 5.77. The minimum absolute atomic E-state index is 0.0892. The van der Waals surface area contributed by atoms with Crippen LogP contribution in [-0.4, -0.2) is 41.8 Å². The molecule has 6 heteroatoms. The number of ether oxygens (including phenoxy) is 1. The summed E-state index contributed by atoms with van der Waals surface area (Å²) in [4.78, 5) is 6.65. The molecule has 0 amide bonds. The number of aryl methyl sites for hydroxylation is 2. The van der Waals surface area contributed by atoms with E-state index in [-0.39, 0.29) is 6.10 Å². The van der Waals surface area contributed by atoms with E-state index in [1.807, 2.05) is 24.3 Å². The van der Waals surface area contributed by atoms with Crippen LogP contribution in [0.15, 0.2) is 28.8 Å². The number of aromatic nitrogens is 2. The van der Waals surface area contributed by atoms with Gasteiger partial charge in [0.25, 0.3) is 0 Å². The lowest BCUT2D eigenvalue weighted by Gasteiger charge is -2.27. The predicted molar refractivity (Wildman–Crippen MR) is 78.8 cm³/mol. The van der Waals surface area contributed by atoms with Crippen molar-refractivity contribution in [1.29, 1.82) is 0 Å². The number of nitrogens with two attached hydrogens (primary N) is 1. The molecular weight excluding hydrogens is 268 g/mol. The molecule has 1 aliphatic rings. The number of hydrogen-bond acceptors (Lipinski definition) is 6. The standard InChI is InChI=1S/C15H20N4O2/c1-19-7-8-20-13(10-19)15-17-14(21-18-15)6-5-11-3-2-4-12(16)9-11/h2-4,9,13H,5-8,10,16H2,1H3. The Hall–Kier alpha value is -1.92. The number of benzene rings is 1. The quantitative estimate of drug-likeness (QED) is 0.858. The van der Waals surface area contributed by atoms with E-state index in [9.17, 15) is 0 Å². The highest BCUT2D eigenvalue weighted by Crippen LogP contribution is 2.19. The molecule has 1 aromatic heterocycles. The molecule has 1 fully saturated rings. The van der Waals surface area contributed by atoms with Crippen molar-refractivity contribution in [3.05, 3.63) is 41.5 Å². The van der Waals surface area contributed by atoms with Crippen LogP contribution in [0.3, 0.4) is 0 Å². The minimum Gasteiger partial charge on any atom is -0.399 e. The van der Waals surface area contributed by atoms with Crippen molar-refractivity contribution in [2.24, 2.45) is 0 Å². The summed E-state index contributed by atoms with van der Waals surface area (Å²) in [6, 6.07) is 7.85. The van der Waals surface area contributed by atoms with Gasteiger partial charge >= 0.3 is 0 Å². The highest BCUT2D eigenvalue weighted by Gasteiger charge is 2.24. The zero-order chi connectivity index (χ0) is 14.7. The van der Waals surface area contributed by atoms with E-state index in [2.05, 4.69) is 22.1 Å². The van der Waals surface area contributed by atoms with Gasteiger partial charge in [-0.2, -0.15) is 4.98 Å². The first kappa shape index (κ1) is 14.0. The summed E-state index contributed by atoms with van der Waals surface area (Å²) >= 11 is 0. The Kier molecular flexibility index (Phi) is 4.17. The molecule has 6 nitrogen and oxygen atoms in total. The molecule has 21 heavy (non-hydrogen) atoms. The van der Waals surface area contributed by atoms with Gasteiger partial charge in [0, 0.05) is 25.2 Å². The van der Waals surface area contributed by atoms with E-state index in [0.717, 1.165) is 25.2 Å². The van der Waals surface area contributed by atoms with Crippen LogP contribution in [0.5, 0.6) is 0 Å².